The van der Waals surface area contributed by atoms with Gasteiger partial charge in [0.25, 0.3) is 11.8 Å². The van der Waals surface area contributed by atoms with Gasteiger partial charge in [0.1, 0.15) is 33.8 Å². The number of aryl methyl sites for hydroxylation is 3. The number of carbonyl (C=O) groups is 5. The van der Waals surface area contributed by atoms with Crippen molar-refractivity contribution in [2.45, 2.75) is 58.3 Å². The molecule has 0 radical (unpaired) electrons. The summed E-state index contributed by atoms with van der Waals surface area (Å²) in [6.45, 7) is 5.53. The molecule has 368 valence electrons. The Bertz CT molecular complexity index is 3260. The van der Waals surface area contributed by atoms with Gasteiger partial charge in [-0.05, 0) is 69.0 Å². The first-order valence-corrected chi connectivity index (χ1v) is 24.0. The van der Waals surface area contributed by atoms with Crippen LogP contribution in [0.2, 0.25) is 5.02 Å². The molecule has 1 atom stereocenters. The third kappa shape index (κ3) is 9.81. The van der Waals surface area contributed by atoms with E-state index in [0.29, 0.717) is 72.6 Å². The van der Waals surface area contributed by atoms with Crippen molar-refractivity contribution < 1.29 is 51.7 Å². The number of fused-ring (bicyclic) bond motifs is 3. The fourth-order valence-electron chi connectivity index (χ4n) is 9.38. The van der Waals surface area contributed by atoms with E-state index >= 15 is 0 Å². The number of nitrogens with one attached hydrogen (secondary N) is 2. The van der Waals surface area contributed by atoms with Gasteiger partial charge in [-0.1, -0.05) is 35.9 Å². The minimum Gasteiger partial charge on any atom is -0.493 e. The average Bonchev–Trinajstić information content (AvgIpc) is 3.99. The minimum atomic E-state index is -4.93. The van der Waals surface area contributed by atoms with E-state index in [2.05, 4.69) is 37.7 Å². The number of benzene rings is 2. The lowest BCUT2D eigenvalue weighted by Gasteiger charge is -2.35. The maximum Gasteiger partial charge on any atom is 0.433 e. The van der Waals surface area contributed by atoms with Crippen molar-refractivity contribution in [3.8, 4) is 22.6 Å². The summed E-state index contributed by atoms with van der Waals surface area (Å²) < 4.78 is 57.9. The standard InChI is InChI=1S/C50H46ClF3N8O8S/c1-27-41(28(2)59(3)58-27)42-34(51)14-13-32-31(11-7-23-69-36-12-6-9-29-8-4-5-10-30(29)36)45(49(67)68)62(44(32)42)22-19-60-17-20-61(21-18-60)40(64)25-70-37-24-38(50(52,53)54)56-43-33(37)26-71-46(43)48(66)55-35-15-16-39(63)57-47(35)65/h5-6,9-10,12-14,24,26,35H,7,11,15-23,25H2,1-3H3,(H,55,66)(H,67,68)(H,57,63,65). The quantitative estimate of drug-likeness (QED) is 0.0698. The second kappa shape index (κ2) is 19.9. The van der Waals surface area contributed by atoms with Crippen LogP contribution in [0.15, 0.2) is 53.9 Å². The van der Waals surface area contributed by atoms with E-state index in [0.717, 1.165) is 44.4 Å². The Morgan fingerprint density at radius 1 is 1.00 bits per heavy atom. The van der Waals surface area contributed by atoms with E-state index in [9.17, 15) is 42.3 Å². The van der Waals surface area contributed by atoms with Crippen LogP contribution in [0, 0.1) is 26.0 Å². The lowest BCUT2D eigenvalue weighted by atomic mass is 9.98. The first-order chi connectivity index (χ1) is 34.0. The molecule has 4 amide bonds. The van der Waals surface area contributed by atoms with Gasteiger partial charge in [-0.2, -0.15) is 18.3 Å². The highest BCUT2D eigenvalue weighted by molar-refractivity contribution is 7.13. The predicted molar refractivity (Wildman–Crippen MR) is 258 cm³/mol. The molecule has 21 heteroatoms. The molecule has 0 bridgehead atoms. The summed E-state index contributed by atoms with van der Waals surface area (Å²) in [5.74, 6) is -3.26. The van der Waals surface area contributed by atoms with Gasteiger partial charge in [0.15, 0.2) is 6.61 Å². The summed E-state index contributed by atoms with van der Waals surface area (Å²) >= 11 is 7.84. The van der Waals surface area contributed by atoms with E-state index in [4.69, 9.17) is 21.1 Å². The van der Waals surface area contributed by atoms with Gasteiger partial charge in [-0.15, -0.1) is 11.3 Å². The highest BCUT2D eigenvalue weighted by atomic mass is 35.5. The molecule has 6 heterocycles. The first-order valence-electron chi connectivity index (χ1n) is 22.8. The number of imide groups is 1. The Balaban J connectivity index is 0.905. The van der Waals surface area contributed by atoms with Crippen LogP contribution in [0.5, 0.6) is 11.5 Å². The maximum absolute atomic E-state index is 14.1. The second-order valence-corrected chi connectivity index (χ2v) is 18.6. The van der Waals surface area contributed by atoms with E-state index < -0.39 is 54.1 Å². The lowest BCUT2D eigenvalue weighted by molar-refractivity contribution is -0.141. The Labute approximate surface area is 413 Å². The Morgan fingerprint density at radius 3 is 2.51 bits per heavy atom. The molecule has 2 aliphatic rings. The van der Waals surface area contributed by atoms with Gasteiger partial charge in [0, 0.05) is 97.2 Å². The zero-order valence-electron chi connectivity index (χ0n) is 38.7. The highest BCUT2D eigenvalue weighted by Crippen LogP contribution is 2.43. The number of thiophene rings is 1. The van der Waals surface area contributed by atoms with Gasteiger partial charge < -0.3 is 29.4 Å². The number of rotatable bonds is 15. The number of carboxylic acid groups (broad SMARTS) is 1. The molecular weight excluding hydrogens is 965 g/mol. The number of nitrogens with zero attached hydrogens (tertiary/aromatic N) is 6. The summed E-state index contributed by atoms with van der Waals surface area (Å²) in [4.78, 5) is 71.2. The third-order valence-corrected chi connectivity index (χ3v) is 14.2. The van der Waals surface area contributed by atoms with Crippen LogP contribution in [-0.2, 0) is 40.6 Å². The molecule has 2 aliphatic heterocycles. The number of aromatic carboxylic acids is 1. The molecule has 1 unspecified atom stereocenters. The number of hydrogen-bond acceptors (Lipinski definition) is 11. The number of pyridine rings is 1. The molecule has 7 aromatic rings. The number of ether oxygens (including phenoxy) is 2. The maximum atomic E-state index is 14.1. The molecule has 3 aromatic carbocycles. The number of amides is 4. The predicted octanol–water partition coefficient (Wildman–Crippen LogP) is 7.16. The van der Waals surface area contributed by atoms with Crippen molar-refractivity contribution in [2.24, 2.45) is 7.05 Å². The summed E-state index contributed by atoms with van der Waals surface area (Å²) in [6, 6.07) is 18.7. The smallest absolute Gasteiger partial charge is 0.433 e. The van der Waals surface area contributed by atoms with Gasteiger partial charge in [0.05, 0.1) is 33.7 Å². The Hall–Kier alpha value is -7.21. The van der Waals surface area contributed by atoms with Crippen molar-refractivity contribution in [3.63, 3.8) is 0 Å². The SMILES string of the molecule is Cc1nn(C)c(C)c1-c1c(Cl)ccc2c(CCCOc3cccc4c#cccc34)c(C(=O)O)n(CCN3CCN(C(=O)COc4cc(C(F)(F)F)nc5c(C(=O)NC6CCC(=O)NC6=O)scc45)CC3)c12. The molecule has 2 fully saturated rings. The lowest BCUT2D eigenvalue weighted by Crippen LogP contribution is -2.52. The molecule has 3 N–H and O–H groups in total. The van der Waals surface area contributed by atoms with Gasteiger partial charge in [-0.3, -0.25) is 34.1 Å². The number of aromatic nitrogens is 4. The number of piperazine rings is 1. The number of hydrogen-bond donors (Lipinski definition) is 3. The molecule has 0 spiro atoms. The monoisotopic (exact) mass is 1010 g/mol. The van der Waals surface area contributed by atoms with E-state index in [-0.39, 0.29) is 59.7 Å². The second-order valence-electron chi connectivity index (χ2n) is 17.4. The van der Waals surface area contributed by atoms with Gasteiger partial charge >= 0.3 is 12.1 Å². The molecule has 9 rings (SSSR count). The molecule has 71 heavy (non-hydrogen) atoms. The Morgan fingerprint density at radius 2 is 1.79 bits per heavy atom. The van der Waals surface area contributed by atoms with Gasteiger partial charge in [-0.25, -0.2) is 9.78 Å². The number of carboxylic acids is 1. The highest BCUT2D eigenvalue weighted by Gasteiger charge is 2.36. The Kier molecular flexibility index (Phi) is 13.7. The topological polar surface area (TPSA) is 190 Å². The van der Waals surface area contributed by atoms with Crippen LogP contribution in [0.4, 0.5) is 13.2 Å². The van der Waals surface area contributed by atoms with Crippen LogP contribution in [0.25, 0.3) is 43.7 Å². The largest absolute Gasteiger partial charge is 0.493 e. The molecule has 16 nitrogen and oxygen atoms in total. The van der Waals surface area contributed by atoms with Crippen molar-refractivity contribution in [1.82, 2.24) is 39.8 Å². The van der Waals surface area contributed by atoms with Crippen molar-refractivity contribution in [1.29, 1.82) is 0 Å². The number of piperidine rings is 1. The van der Waals surface area contributed by atoms with Crippen LogP contribution < -0.4 is 20.1 Å². The zero-order chi connectivity index (χ0) is 50.3. The van der Waals surface area contributed by atoms with Crippen LogP contribution in [-0.4, -0.2) is 116 Å². The van der Waals surface area contributed by atoms with E-state index in [1.165, 1.54) is 5.38 Å². The summed E-state index contributed by atoms with van der Waals surface area (Å²) in [5.41, 5.74) is 2.87. The summed E-state index contributed by atoms with van der Waals surface area (Å²) in [7, 11) is 1.84. The van der Waals surface area contributed by atoms with Gasteiger partial charge in [0.2, 0.25) is 11.8 Å². The van der Waals surface area contributed by atoms with Crippen molar-refractivity contribution in [2.75, 3.05) is 45.9 Å². The molecular formula is C50H46ClF3N8O8S. The molecule has 4 aromatic heterocycles. The number of halogens is 4. The fraction of sp³-hybridized carbons (Fsp3) is 0.340. The van der Waals surface area contributed by atoms with Crippen molar-refractivity contribution >= 4 is 85.1 Å². The summed E-state index contributed by atoms with van der Waals surface area (Å²) in [5, 5.41) is 24.6. The average molecular weight is 1010 g/mol. The van der Waals surface area contributed by atoms with Crippen LogP contribution in [0.3, 0.4) is 0 Å². The third-order valence-electron chi connectivity index (χ3n) is 13.0. The number of alkyl halides is 3. The van der Waals surface area contributed by atoms with E-state index in [1.54, 1.807) is 21.7 Å². The van der Waals surface area contributed by atoms with Crippen LogP contribution in [0.1, 0.15) is 62.1 Å². The zero-order valence-corrected chi connectivity index (χ0v) is 40.2. The van der Waals surface area contributed by atoms with Crippen LogP contribution >= 0.6 is 22.9 Å². The summed E-state index contributed by atoms with van der Waals surface area (Å²) in [6.07, 6.45) is -4.03. The number of carbonyl (C=O) groups excluding carboxylic acids is 4. The normalized spacial score (nSPS) is 15.6. The van der Waals surface area contributed by atoms with Crippen molar-refractivity contribution in [3.05, 3.63) is 104 Å². The molecule has 0 saturated carbocycles. The first kappa shape index (κ1) is 48.8. The molecule has 0 aliphatic carbocycles. The van der Waals surface area contributed by atoms with E-state index in [1.807, 2.05) is 55.8 Å². The fourth-order valence-corrected chi connectivity index (χ4v) is 10.5. The minimum absolute atomic E-state index is 0.0208. The molecule has 2 saturated heterocycles.